The van der Waals surface area contributed by atoms with E-state index in [1.165, 1.54) is 121 Å². The number of likely N-dealkylation sites (N-methyl/N-ethyl adjacent to an activating group) is 1. The van der Waals surface area contributed by atoms with E-state index >= 15 is 17.6 Å². The van der Waals surface area contributed by atoms with Crippen molar-refractivity contribution in [2.45, 2.75) is 350 Å². The number of halogens is 5. The molecular formula is C91H143ClF4N4O16. The van der Waals surface area contributed by atoms with Crippen LogP contribution < -0.4 is 23.5 Å². The van der Waals surface area contributed by atoms with Gasteiger partial charge in [-0.3, -0.25) is 14.4 Å². The van der Waals surface area contributed by atoms with Gasteiger partial charge in [0.25, 0.3) is 11.7 Å². The van der Waals surface area contributed by atoms with Crippen LogP contribution in [0.4, 0.5) is 17.6 Å². The number of carboxylic acid groups (broad SMARTS) is 1. The van der Waals surface area contributed by atoms with E-state index in [-0.39, 0.29) is 96.1 Å². The van der Waals surface area contributed by atoms with Crippen molar-refractivity contribution in [3.8, 4) is 0 Å². The van der Waals surface area contributed by atoms with Gasteiger partial charge in [-0.15, -0.1) is 0 Å². The van der Waals surface area contributed by atoms with E-state index in [2.05, 4.69) is 24.9 Å². The predicted molar refractivity (Wildman–Crippen MR) is 438 cm³/mol. The van der Waals surface area contributed by atoms with Crippen molar-refractivity contribution in [3.05, 3.63) is 144 Å². The number of rotatable bonds is 60. The first kappa shape index (κ1) is 103. The third-order valence-electron chi connectivity index (χ3n) is 22.6. The third-order valence-corrected chi connectivity index (χ3v) is 22.6. The lowest BCUT2D eigenvalue weighted by molar-refractivity contribution is -0.411. The number of carbonyl (C=O) groups is 4. The Morgan fingerprint density at radius 1 is 0.526 bits per heavy atom. The fourth-order valence-corrected chi connectivity index (χ4v) is 15.0. The maximum Gasteiger partial charge on any atom is 0.362 e. The summed E-state index contributed by atoms with van der Waals surface area (Å²) in [7, 11) is 1.71. The average Bonchev–Trinajstić information content (AvgIpc) is 0.742. The molecule has 0 aromatic heterocycles. The van der Waals surface area contributed by atoms with E-state index in [1.807, 2.05) is 128 Å². The molecule has 25 heteroatoms. The Balaban J connectivity index is 0.000000551. The first-order valence-electron chi connectivity index (χ1n) is 43.3. The smallest absolute Gasteiger partial charge is 0.362 e. The first-order chi connectivity index (χ1) is 55.4. The van der Waals surface area contributed by atoms with E-state index in [9.17, 15) is 44.7 Å². The number of aliphatic carboxylic acids is 1. The number of aliphatic hydroxyl groups excluding tert-OH is 4. The van der Waals surface area contributed by atoms with Crippen LogP contribution >= 0.6 is 0 Å². The largest absolute Gasteiger partial charge is 1.00 e. The number of esters is 1. The summed E-state index contributed by atoms with van der Waals surface area (Å²) in [6.45, 7) is 5.20. The summed E-state index contributed by atoms with van der Waals surface area (Å²) < 4.78 is 104. The van der Waals surface area contributed by atoms with Crippen molar-refractivity contribution in [2.75, 3.05) is 46.4 Å². The Labute approximate surface area is 695 Å². The van der Waals surface area contributed by atoms with E-state index in [4.69, 9.17) is 33.5 Å². The number of aliphatic hydroxyl groups is 5. The number of hydrogen-bond acceptors (Lipinski definition) is 16. The zero-order valence-electron chi connectivity index (χ0n) is 70.2. The number of nitrogens with one attached hydrogen (secondary N) is 1. The van der Waals surface area contributed by atoms with Crippen molar-refractivity contribution in [2.24, 2.45) is 5.92 Å². The Kier molecular flexibility index (Phi) is 50.9. The molecule has 0 spiro atoms. The molecule has 4 aromatic carbocycles. The van der Waals surface area contributed by atoms with Gasteiger partial charge in [0.15, 0.2) is 11.6 Å². The lowest BCUT2D eigenvalue weighted by Crippen LogP contribution is -3.00. The number of carbonyl (C=O) groups excluding carboxylic acids is 3. The molecule has 0 unspecified atom stereocenters. The van der Waals surface area contributed by atoms with Gasteiger partial charge in [-0.2, -0.15) is 8.78 Å². The van der Waals surface area contributed by atoms with Gasteiger partial charge in [0.05, 0.1) is 58.3 Å². The number of amides is 2. The zero-order valence-corrected chi connectivity index (χ0v) is 70.9. The summed E-state index contributed by atoms with van der Waals surface area (Å²) in [6, 6.07) is 36.9. The van der Waals surface area contributed by atoms with E-state index < -0.39 is 116 Å². The summed E-state index contributed by atoms with van der Waals surface area (Å²) in [5.41, 5.74) is 4.82. The van der Waals surface area contributed by atoms with Crippen LogP contribution in [0.25, 0.3) is 0 Å². The molecule has 116 heavy (non-hydrogen) atoms. The number of quaternary nitrogens is 1. The third kappa shape index (κ3) is 36.3. The summed E-state index contributed by atoms with van der Waals surface area (Å²) in [5.74, 6) is -14.4. The molecule has 0 radical (unpaired) electrons. The minimum absolute atomic E-state index is 0. The molecule has 2 amide bonds. The first-order valence-corrected chi connectivity index (χ1v) is 43.3. The quantitative estimate of drug-likeness (QED) is 0.0116. The van der Waals surface area contributed by atoms with Crippen molar-refractivity contribution in [1.82, 2.24) is 15.1 Å². The van der Waals surface area contributed by atoms with Crippen LogP contribution in [0.5, 0.6) is 0 Å². The highest BCUT2D eigenvalue weighted by Crippen LogP contribution is 2.47. The number of unbranched alkanes of at least 4 members (excludes halogenated alkanes) is 26. The van der Waals surface area contributed by atoms with Gasteiger partial charge in [0.2, 0.25) is 11.8 Å². The summed E-state index contributed by atoms with van der Waals surface area (Å²) in [5, 5.41) is 62.2. The SMILES string of the molecule is CCCCCCCCCCCCCCCC(=O)N(CCCC[C@H](NC)C(=O)OCc1ccccc1)CC(F)(F)[C@]1(C)O[C@H](COCc2ccccc2)[C@H](C)[C@H](OCc2ccccc2)[C@H]1OCc1ccccc1.CCCCCCCCCCCCCCCC(=O)N(CCCC[C@H]([NH3+])C(=O)O)CC(F)(F)[C@]1(O)O[C@H](CO)[C@H](O)[C@H](O)[C@H]1O.[Cl-]. The molecule has 2 aliphatic heterocycles. The Bertz CT molecular complexity index is 3220. The second kappa shape index (κ2) is 57.5. The summed E-state index contributed by atoms with van der Waals surface area (Å²) in [6.07, 6.45) is 20.2. The van der Waals surface area contributed by atoms with Gasteiger partial charge in [-0.1, -0.05) is 296 Å². The molecule has 12 atom stereocenters. The van der Waals surface area contributed by atoms with Gasteiger partial charge >= 0.3 is 17.9 Å². The van der Waals surface area contributed by atoms with Crippen LogP contribution in [0, 0.1) is 5.92 Å². The van der Waals surface area contributed by atoms with Crippen LogP contribution in [0.1, 0.15) is 268 Å². The number of hydrogen-bond donors (Lipinski definition) is 8. The zero-order chi connectivity index (χ0) is 83.8. The van der Waals surface area contributed by atoms with Crippen LogP contribution in [-0.4, -0.2) is 189 Å². The highest BCUT2D eigenvalue weighted by molar-refractivity contribution is 5.77. The second-order valence-corrected chi connectivity index (χ2v) is 32.0. The molecule has 0 bridgehead atoms. The number of nitrogens with zero attached hydrogens (tertiary/aromatic N) is 2. The molecule has 0 aliphatic carbocycles. The Morgan fingerprint density at radius 3 is 1.33 bits per heavy atom. The van der Waals surface area contributed by atoms with Crippen molar-refractivity contribution < 1.29 is 114 Å². The number of alkyl halides is 4. The lowest BCUT2D eigenvalue weighted by Gasteiger charge is -2.54. The van der Waals surface area contributed by atoms with Crippen molar-refractivity contribution in [1.29, 1.82) is 0 Å². The van der Waals surface area contributed by atoms with Gasteiger partial charge in [0, 0.05) is 38.3 Å². The summed E-state index contributed by atoms with van der Waals surface area (Å²) in [4.78, 5) is 53.7. The van der Waals surface area contributed by atoms with Gasteiger partial charge in [-0.05, 0) is 81.2 Å². The standard InChI is InChI=1S/C61H86F2N2O7.C30H56F2N2O9.ClH/c1-5-6-7-8-9-10-11-12-13-14-15-16-29-41-56(66)65(42-31-30-40-54(64-4)59(67)71-46-53-38-27-20-28-39-53)48-61(62,63)60(3)58(70-45-52-36-25-19-26-37-52)57(69-44-51-34-23-18-24-35-51)49(2)55(72-60)47-68-43-50-32-21-17-22-33-50;1-2-3-4-5-6-7-8-9-10-11-12-13-14-18-24(36)34(19-16-15-17-22(33)28(40)41)21-29(31,32)30(42)27(39)26(38)25(37)23(20-35)43-30;/h17-28,32-39,49,54-55,57-58,64H,5-16,29-31,40-48H2,1-4H3;22-23,25-27,35,37-39,42H,2-21,33H2,1H3,(H,40,41);1H/t49-,54-,55+,57-,58+,60+;22-,23+,25-,26-,27+,30+;/m00./s1. The van der Waals surface area contributed by atoms with Crippen LogP contribution in [0.3, 0.4) is 0 Å². The monoisotopic (exact) mass is 1660 g/mol. The fraction of sp³-hybridized carbons (Fsp3) is 0.692. The highest BCUT2D eigenvalue weighted by atomic mass is 35.5. The molecule has 2 fully saturated rings. The molecule has 10 N–H and O–H groups in total. The van der Waals surface area contributed by atoms with Crippen molar-refractivity contribution >= 4 is 23.8 Å². The molecule has 2 aliphatic rings. The number of ether oxygens (including phenoxy) is 6. The minimum atomic E-state index is -4.30. The average molecular weight is 1660 g/mol. The molecular weight excluding hydrogens is 1520 g/mol. The van der Waals surface area contributed by atoms with E-state index in [0.717, 1.165) is 72.1 Å². The molecule has 20 nitrogen and oxygen atoms in total. The molecule has 2 heterocycles. The van der Waals surface area contributed by atoms with E-state index in [0.29, 0.717) is 38.5 Å². The van der Waals surface area contributed by atoms with Gasteiger partial charge < -0.3 is 92.3 Å². The number of benzene rings is 4. The Hall–Kier alpha value is -5.71. The topological polar surface area (TPSA) is 291 Å². The lowest BCUT2D eigenvalue weighted by atomic mass is 9.77. The minimum Gasteiger partial charge on any atom is -1.00 e. The van der Waals surface area contributed by atoms with Crippen LogP contribution in [0.2, 0.25) is 0 Å². The molecule has 2 saturated heterocycles. The highest BCUT2D eigenvalue weighted by Gasteiger charge is 2.67. The number of carboxylic acids is 1. The van der Waals surface area contributed by atoms with Crippen LogP contribution in [-0.2, 0) is 74.0 Å². The molecule has 0 saturated carbocycles. The molecule has 4 aromatic rings. The van der Waals surface area contributed by atoms with Gasteiger partial charge in [-0.25, -0.2) is 13.6 Å². The summed E-state index contributed by atoms with van der Waals surface area (Å²) >= 11 is 0. The molecule has 6 rings (SSSR count). The predicted octanol–water partition coefficient (Wildman–Crippen LogP) is 12.6. The fourth-order valence-electron chi connectivity index (χ4n) is 15.0. The van der Waals surface area contributed by atoms with Crippen LogP contribution in [0.15, 0.2) is 121 Å². The van der Waals surface area contributed by atoms with E-state index in [1.54, 1.807) is 7.05 Å². The normalized spacial score (nSPS) is 21.4. The second-order valence-electron chi connectivity index (χ2n) is 32.0. The van der Waals surface area contributed by atoms with Gasteiger partial charge in [0.1, 0.15) is 43.2 Å². The maximum atomic E-state index is 18.1. The maximum absolute atomic E-state index is 18.1. The Morgan fingerprint density at radius 2 is 0.914 bits per heavy atom. The van der Waals surface area contributed by atoms with Crippen molar-refractivity contribution in [3.63, 3.8) is 0 Å². The molecule has 658 valence electrons.